The predicted octanol–water partition coefficient (Wildman–Crippen LogP) is 7.18. The summed E-state index contributed by atoms with van der Waals surface area (Å²) in [5.74, 6) is 0. The van der Waals surface area contributed by atoms with Crippen LogP contribution in [0.1, 0.15) is 0 Å². The van der Waals surface area contributed by atoms with Gasteiger partial charge in [-0.15, -0.1) is 0 Å². The SMILES string of the molecule is c1ccc(-n2c3ccccc3c3ccc4c5cccc6c5n(c4c32)-c2cccc3c2B6c2ccccc2S3)cc1. The highest BCUT2D eigenvalue weighted by molar-refractivity contribution is 8.00. The summed E-state index contributed by atoms with van der Waals surface area (Å²) >= 11 is 1.91. The number of hydrogen-bond acceptors (Lipinski definition) is 1. The second kappa shape index (κ2) is 7.50. The second-order valence-electron chi connectivity index (χ2n) is 10.9. The van der Waals surface area contributed by atoms with Crippen molar-refractivity contribution in [3.05, 3.63) is 127 Å². The van der Waals surface area contributed by atoms with Crippen LogP contribution in [0.2, 0.25) is 0 Å². The van der Waals surface area contributed by atoms with Crippen molar-refractivity contribution >= 4 is 78.5 Å². The summed E-state index contributed by atoms with van der Waals surface area (Å²) in [6.45, 7) is 0.236. The van der Waals surface area contributed by atoms with E-state index in [1.165, 1.54) is 81.2 Å². The zero-order valence-electron chi connectivity index (χ0n) is 21.5. The maximum Gasteiger partial charge on any atom is 0.249 e. The Hall–Kier alpha value is -4.67. The molecule has 0 saturated heterocycles. The summed E-state index contributed by atoms with van der Waals surface area (Å²) in [7, 11) is 0. The van der Waals surface area contributed by atoms with Gasteiger partial charge in [0, 0.05) is 48.2 Å². The minimum atomic E-state index is 0.236. The molecule has 0 unspecified atom stereocenters. The Bertz CT molecular complexity index is 2360. The molecule has 2 aliphatic rings. The highest BCUT2D eigenvalue weighted by Gasteiger charge is 2.39. The van der Waals surface area contributed by atoms with E-state index < -0.39 is 0 Å². The first-order chi connectivity index (χ1) is 19.9. The minimum absolute atomic E-state index is 0.236. The highest BCUT2D eigenvalue weighted by Crippen LogP contribution is 2.43. The number of fused-ring (bicyclic) bond motifs is 11. The Morgan fingerprint density at radius 3 is 2.02 bits per heavy atom. The summed E-state index contributed by atoms with van der Waals surface area (Å²) < 4.78 is 5.06. The molecule has 0 bridgehead atoms. The molecule has 0 aliphatic carbocycles. The zero-order chi connectivity index (χ0) is 25.9. The van der Waals surface area contributed by atoms with Crippen LogP contribution in [0.3, 0.4) is 0 Å². The standard InChI is InChI=1S/C36H21BN2S/c1-2-10-22(11-3-1)38-29-16-6-4-12-23(29)25-20-21-26-24-13-8-15-28-34(24)39(36(26)35(25)38)30-17-9-19-32-33(30)37(28)27-14-5-7-18-31(27)40-32/h1-21H. The fourth-order valence-corrected chi connectivity index (χ4v) is 8.62. The van der Waals surface area contributed by atoms with Crippen LogP contribution in [0.25, 0.3) is 55.0 Å². The Kier molecular flexibility index (Phi) is 3.97. The molecule has 4 heterocycles. The van der Waals surface area contributed by atoms with Crippen molar-refractivity contribution in [3.8, 4) is 11.4 Å². The normalized spacial score (nSPS) is 13.3. The number of hydrogen-bond donors (Lipinski definition) is 0. The topological polar surface area (TPSA) is 9.86 Å². The van der Waals surface area contributed by atoms with Crippen molar-refractivity contribution in [2.75, 3.05) is 0 Å². The van der Waals surface area contributed by atoms with Gasteiger partial charge in [0.05, 0.1) is 16.6 Å². The number of rotatable bonds is 1. The lowest BCUT2D eigenvalue weighted by atomic mass is 9.35. The van der Waals surface area contributed by atoms with E-state index in [9.17, 15) is 0 Å². The van der Waals surface area contributed by atoms with Gasteiger partial charge >= 0.3 is 0 Å². The zero-order valence-corrected chi connectivity index (χ0v) is 22.3. The lowest BCUT2D eigenvalue weighted by Crippen LogP contribution is -2.58. The fourth-order valence-electron chi connectivity index (χ4n) is 7.46. The largest absolute Gasteiger partial charge is 0.308 e. The van der Waals surface area contributed by atoms with Gasteiger partial charge in [0.25, 0.3) is 0 Å². The first kappa shape index (κ1) is 21.2. The van der Waals surface area contributed by atoms with Gasteiger partial charge < -0.3 is 9.13 Å². The van der Waals surface area contributed by atoms with Gasteiger partial charge in [0.2, 0.25) is 6.71 Å². The van der Waals surface area contributed by atoms with Gasteiger partial charge in [-0.2, -0.15) is 0 Å². The molecule has 2 aromatic heterocycles. The van der Waals surface area contributed by atoms with Crippen molar-refractivity contribution in [1.82, 2.24) is 9.13 Å². The van der Waals surface area contributed by atoms with Crippen molar-refractivity contribution in [2.45, 2.75) is 9.79 Å². The third-order valence-corrected chi connectivity index (χ3v) is 10.1. The van der Waals surface area contributed by atoms with Crippen LogP contribution < -0.4 is 16.4 Å². The predicted molar refractivity (Wildman–Crippen MR) is 170 cm³/mol. The summed E-state index contributed by atoms with van der Waals surface area (Å²) in [5.41, 5.74) is 11.9. The molecular weight excluding hydrogens is 503 g/mol. The third kappa shape index (κ3) is 2.49. The molecule has 40 heavy (non-hydrogen) atoms. The molecule has 2 nitrogen and oxygen atoms in total. The maximum absolute atomic E-state index is 2.59. The fraction of sp³-hybridized carbons (Fsp3) is 0. The molecule has 0 fully saturated rings. The minimum Gasteiger partial charge on any atom is -0.308 e. The van der Waals surface area contributed by atoms with Crippen LogP contribution in [0, 0.1) is 0 Å². The lowest BCUT2D eigenvalue weighted by molar-refractivity contribution is 1.15. The molecular formula is C36H21BN2S. The van der Waals surface area contributed by atoms with Gasteiger partial charge in [-0.3, -0.25) is 0 Å². The van der Waals surface area contributed by atoms with Crippen LogP contribution in [0.5, 0.6) is 0 Å². The van der Waals surface area contributed by atoms with Gasteiger partial charge in [0.1, 0.15) is 0 Å². The number of para-hydroxylation sites is 3. The molecule has 0 atom stereocenters. The van der Waals surface area contributed by atoms with E-state index in [0.29, 0.717) is 0 Å². The van der Waals surface area contributed by atoms with Gasteiger partial charge in [0.15, 0.2) is 0 Å². The van der Waals surface area contributed by atoms with Crippen molar-refractivity contribution in [1.29, 1.82) is 0 Å². The van der Waals surface area contributed by atoms with E-state index in [0.717, 1.165) is 0 Å². The monoisotopic (exact) mass is 524 g/mol. The second-order valence-corrected chi connectivity index (χ2v) is 12.0. The molecule has 2 aliphatic heterocycles. The molecule has 0 saturated carbocycles. The lowest BCUT2D eigenvalue weighted by Gasteiger charge is -2.33. The highest BCUT2D eigenvalue weighted by atomic mass is 32.2. The van der Waals surface area contributed by atoms with Crippen LogP contribution in [-0.4, -0.2) is 15.8 Å². The van der Waals surface area contributed by atoms with E-state index in [1.807, 2.05) is 11.8 Å². The van der Waals surface area contributed by atoms with E-state index in [1.54, 1.807) is 0 Å². The van der Waals surface area contributed by atoms with Crippen molar-refractivity contribution in [3.63, 3.8) is 0 Å². The van der Waals surface area contributed by atoms with E-state index in [2.05, 4.69) is 137 Å². The summed E-state index contributed by atoms with van der Waals surface area (Å²) in [5, 5.41) is 5.21. The number of benzene rings is 6. The van der Waals surface area contributed by atoms with Crippen molar-refractivity contribution < 1.29 is 0 Å². The van der Waals surface area contributed by atoms with Crippen LogP contribution in [0.4, 0.5) is 0 Å². The Morgan fingerprint density at radius 2 is 1.10 bits per heavy atom. The molecule has 6 aromatic carbocycles. The van der Waals surface area contributed by atoms with Crippen molar-refractivity contribution in [2.24, 2.45) is 0 Å². The third-order valence-electron chi connectivity index (χ3n) is 8.96. The maximum atomic E-state index is 2.59. The Labute approximate surface area is 235 Å². The number of aromatic nitrogens is 2. The molecule has 0 spiro atoms. The first-order valence-electron chi connectivity index (χ1n) is 13.8. The van der Waals surface area contributed by atoms with E-state index in [-0.39, 0.29) is 6.71 Å². The number of nitrogens with zero attached hydrogens (tertiary/aromatic N) is 2. The van der Waals surface area contributed by atoms with Crippen LogP contribution >= 0.6 is 11.8 Å². The molecule has 10 rings (SSSR count). The molecule has 0 amide bonds. The molecule has 4 heteroatoms. The van der Waals surface area contributed by atoms with Gasteiger partial charge in [-0.1, -0.05) is 108 Å². The molecule has 184 valence electrons. The molecule has 0 radical (unpaired) electrons. The first-order valence-corrected chi connectivity index (χ1v) is 14.6. The van der Waals surface area contributed by atoms with Gasteiger partial charge in [-0.25, -0.2) is 0 Å². The van der Waals surface area contributed by atoms with Crippen LogP contribution in [0.15, 0.2) is 137 Å². The average molecular weight is 524 g/mol. The summed E-state index contributed by atoms with van der Waals surface area (Å²) in [6, 6.07) is 47.1. The smallest absolute Gasteiger partial charge is 0.249 e. The summed E-state index contributed by atoms with van der Waals surface area (Å²) in [6.07, 6.45) is 0. The quantitative estimate of drug-likeness (QED) is 0.207. The molecule has 8 aromatic rings. The Morgan fingerprint density at radius 1 is 0.450 bits per heavy atom. The average Bonchev–Trinajstić information content (AvgIpc) is 3.53. The van der Waals surface area contributed by atoms with Gasteiger partial charge in [-0.05, 0) is 47.3 Å². The summed E-state index contributed by atoms with van der Waals surface area (Å²) in [4.78, 5) is 2.73. The Balaban J connectivity index is 1.47. The van der Waals surface area contributed by atoms with E-state index >= 15 is 0 Å². The van der Waals surface area contributed by atoms with E-state index in [4.69, 9.17) is 0 Å². The molecule has 0 N–H and O–H groups in total. The van der Waals surface area contributed by atoms with Crippen LogP contribution in [-0.2, 0) is 0 Å².